The van der Waals surface area contributed by atoms with Crippen LogP contribution in [0.1, 0.15) is 64.1 Å². The summed E-state index contributed by atoms with van der Waals surface area (Å²) in [7, 11) is 0. The summed E-state index contributed by atoms with van der Waals surface area (Å²) in [6.45, 7) is 4.46. The number of nitrogens with two attached hydrogens (primary N) is 1. The molecular formula is C31H32FN5O2. The summed E-state index contributed by atoms with van der Waals surface area (Å²) in [5.74, 6) is 4.60. The Morgan fingerprint density at radius 2 is 2.05 bits per heavy atom. The molecule has 4 N–H and O–H groups in total. The Morgan fingerprint density at radius 3 is 2.74 bits per heavy atom. The molecule has 5 rings (SSSR count). The average molecular weight is 526 g/mol. The summed E-state index contributed by atoms with van der Waals surface area (Å²) >= 11 is 0. The highest BCUT2D eigenvalue weighted by atomic mass is 19.1. The Kier molecular flexibility index (Phi) is 7.62. The maximum absolute atomic E-state index is 15.3. The fourth-order valence-corrected chi connectivity index (χ4v) is 5.34. The minimum atomic E-state index is -0.685. The van der Waals surface area contributed by atoms with Crippen LogP contribution in [0.2, 0.25) is 0 Å². The Bertz CT molecular complexity index is 1490. The Balaban J connectivity index is 1.44. The molecule has 200 valence electrons. The van der Waals surface area contributed by atoms with Gasteiger partial charge in [0, 0.05) is 47.5 Å². The first kappa shape index (κ1) is 26.4. The van der Waals surface area contributed by atoms with E-state index in [4.69, 9.17) is 5.73 Å². The fraction of sp³-hybridized carbons (Fsp3) is 0.323. The fourth-order valence-electron chi connectivity index (χ4n) is 5.34. The van der Waals surface area contributed by atoms with Crippen molar-refractivity contribution < 1.29 is 14.0 Å². The Hall–Kier alpha value is -4.22. The lowest BCUT2D eigenvalue weighted by molar-refractivity contribution is -0.113. The van der Waals surface area contributed by atoms with Crippen LogP contribution in [0.5, 0.6) is 0 Å². The minimum Gasteiger partial charge on any atom is -0.359 e. The summed E-state index contributed by atoms with van der Waals surface area (Å²) in [5, 5.41) is 2.66. The van der Waals surface area contributed by atoms with Gasteiger partial charge in [0.05, 0.1) is 23.4 Å². The highest BCUT2D eigenvalue weighted by molar-refractivity contribution is 6.36. The molecular weight excluding hydrogens is 493 g/mol. The van der Waals surface area contributed by atoms with Crippen LogP contribution < -0.4 is 16.0 Å². The molecule has 0 bridgehead atoms. The van der Waals surface area contributed by atoms with Crippen molar-refractivity contribution >= 4 is 29.2 Å². The quantitative estimate of drug-likeness (QED) is 0.340. The van der Waals surface area contributed by atoms with Gasteiger partial charge in [0.2, 0.25) is 0 Å². The van der Waals surface area contributed by atoms with Crippen LogP contribution in [0.3, 0.4) is 0 Å². The maximum atomic E-state index is 15.3. The normalized spacial score (nSPS) is 19.5. The smallest absolute Gasteiger partial charge is 0.259 e. The van der Waals surface area contributed by atoms with Crippen LogP contribution in [-0.2, 0) is 4.79 Å². The molecule has 1 aromatic carbocycles. The molecule has 2 amide bonds. The van der Waals surface area contributed by atoms with Gasteiger partial charge in [0.1, 0.15) is 5.82 Å². The number of hydrogen-bond donors (Lipinski definition) is 3. The van der Waals surface area contributed by atoms with E-state index >= 15 is 4.39 Å². The number of nitrogens with zero attached hydrogens (tertiary/aromatic N) is 2. The summed E-state index contributed by atoms with van der Waals surface area (Å²) in [5.41, 5.74) is 10.9. The van der Waals surface area contributed by atoms with Crippen molar-refractivity contribution in [3.8, 4) is 11.8 Å². The molecule has 0 saturated heterocycles. The molecule has 2 aliphatic rings. The molecule has 0 unspecified atom stereocenters. The van der Waals surface area contributed by atoms with Crippen molar-refractivity contribution in [3.63, 3.8) is 0 Å². The van der Waals surface area contributed by atoms with E-state index in [2.05, 4.69) is 27.1 Å². The summed E-state index contributed by atoms with van der Waals surface area (Å²) in [6, 6.07) is 8.59. The molecule has 1 saturated carbocycles. The van der Waals surface area contributed by atoms with Gasteiger partial charge in [0.25, 0.3) is 11.8 Å². The number of pyridine rings is 1. The van der Waals surface area contributed by atoms with E-state index in [9.17, 15) is 9.59 Å². The lowest BCUT2D eigenvalue weighted by atomic mass is 9.86. The lowest BCUT2D eigenvalue weighted by Gasteiger charge is -2.30. The monoisotopic (exact) mass is 525 g/mol. The van der Waals surface area contributed by atoms with Gasteiger partial charge < -0.3 is 20.9 Å². The maximum Gasteiger partial charge on any atom is 0.259 e. The standard InChI is InChI=1S/C31H32FN5O2/c1-19-13-20(2)36-28(19)15-25-24-14-27(32)26(30(38)35-12-4-6-21-5-3-11-34-17-21)16-29(24)37(31(25)39)18-22-7-9-23(33)10-8-22/h3,5,11,13-17,22-23,36H,7-10,12,18,33H2,1-2H3,(H,35,38)/b25-15-. The van der Waals surface area contributed by atoms with Gasteiger partial charge in [-0.15, -0.1) is 0 Å². The van der Waals surface area contributed by atoms with Gasteiger partial charge in [-0.2, -0.15) is 0 Å². The number of carbonyl (C=O) groups excluding carboxylic acids is 2. The van der Waals surface area contributed by atoms with Gasteiger partial charge >= 0.3 is 0 Å². The number of aromatic amines is 1. The van der Waals surface area contributed by atoms with Crippen molar-refractivity contribution in [1.29, 1.82) is 0 Å². The molecule has 7 nitrogen and oxygen atoms in total. The zero-order valence-corrected chi connectivity index (χ0v) is 22.2. The zero-order chi connectivity index (χ0) is 27.5. The highest BCUT2D eigenvalue weighted by Gasteiger charge is 2.36. The van der Waals surface area contributed by atoms with Gasteiger partial charge in [0.15, 0.2) is 0 Å². The second-order valence-electron chi connectivity index (χ2n) is 10.4. The van der Waals surface area contributed by atoms with Crippen LogP contribution >= 0.6 is 0 Å². The van der Waals surface area contributed by atoms with E-state index in [1.165, 1.54) is 12.1 Å². The molecule has 1 aliphatic carbocycles. The number of carbonyl (C=O) groups is 2. The van der Waals surface area contributed by atoms with Crippen molar-refractivity contribution in [2.45, 2.75) is 45.6 Å². The van der Waals surface area contributed by atoms with E-state index in [1.54, 1.807) is 29.4 Å². The van der Waals surface area contributed by atoms with Crippen LogP contribution in [0.25, 0.3) is 11.6 Å². The van der Waals surface area contributed by atoms with Crippen molar-refractivity contribution in [2.24, 2.45) is 11.7 Å². The number of H-pyrrole nitrogens is 1. The molecule has 1 fully saturated rings. The third kappa shape index (κ3) is 5.79. The van der Waals surface area contributed by atoms with Gasteiger partial charge in [-0.1, -0.05) is 11.8 Å². The predicted molar refractivity (Wildman–Crippen MR) is 150 cm³/mol. The lowest BCUT2D eigenvalue weighted by Crippen LogP contribution is -2.36. The first-order valence-electron chi connectivity index (χ1n) is 13.3. The van der Waals surface area contributed by atoms with Crippen LogP contribution in [0.15, 0.2) is 42.7 Å². The molecule has 0 radical (unpaired) electrons. The van der Waals surface area contributed by atoms with Gasteiger partial charge in [-0.25, -0.2) is 4.39 Å². The van der Waals surface area contributed by atoms with E-state index in [1.807, 2.05) is 26.0 Å². The summed E-state index contributed by atoms with van der Waals surface area (Å²) in [6.07, 6.45) is 8.76. The van der Waals surface area contributed by atoms with Gasteiger partial charge in [-0.3, -0.25) is 14.6 Å². The summed E-state index contributed by atoms with van der Waals surface area (Å²) < 4.78 is 15.3. The van der Waals surface area contributed by atoms with E-state index < -0.39 is 11.7 Å². The second-order valence-corrected chi connectivity index (χ2v) is 10.4. The number of halogens is 1. The molecule has 39 heavy (non-hydrogen) atoms. The molecule has 1 aliphatic heterocycles. The Labute approximate surface area is 227 Å². The van der Waals surface area contributed by atoms with Crippen molar-refractivity contribution in [3.05, 3.63) is 82.2 Å². The summed E-state index contributed by atoms with van der Waals surface area (Å²) in [4.78, 5) is 35.7. The van der Waals surface area contributed by atoms with Crippen LogP contribution in [0, 0.1) is 37.4 Å². The average Bonchev–Trinajstić information content (AvgIpc) is 3.37. The topological polar surface area (TPSA) is 104 Å². The third-order valence-electron chi connectivity index (χ3n) is 7.43. The van der Waals surface area contributed by atoms with Crippen molar-refractivity contribution in [2.75, 3.05) is 18.0 Å². The number of fused-ring (bicyclic) bond motifs is 1. The highest BCUT2D eigenvalue weighted by Crippen LogP contribution is 2.41. The Morgan fingerprint density at radius 1 is 1.26 bits per heavy atom. The second kappa shape index (κ2) is 11.3. The predicted octanol–water partition coefficient (Wildman–Crippen LogP) is 4.35. The molecule has 8 heteroatoms. The molecule has 0 spiro atoms. The first-order chi connectivity index (χ1) is 18.8. The van der Waals surface area contributed by atoms with E-state index in [-0.39, 0.29) is 24.1 Å². The largest absolute Gasteiger partial charge is 0.359 e. The third-order valence-corrected chi connectivity index (χ3v) is 7.43. The first-order valence-corrected chi connectivity index (χ1v) is 13.3. The van der Waals surface area contributed by atoms with E-state index in [0.717, 1.165) is 48.2 Å². The number of aromatic nitrogens is 2. The van der Waals surface area contributed by atoms with E-state index in [0.29, 0.717) is 29.3 Å². The van der Waals surface area contributed by atoms with Crippen molar-refractivity contribution in [1.82, 2.24) is 15.3 Å². The SMILES string of the molecule is Cc1cc(C)c(/C=C2\C(=O)N(CC3CCC(N)CC3)c3cc(C(=O)NCC#Cc4cccnc4)c(F)cc32)[nH]1. The van der Waals surface area contributed by atoms with Gasteiger partial charge in [-0.05, 0) is 87.4 Å². The molecule has 2 aromatic heterocycles. The number of rotatable bonds is 5. The van der Waals surface area contributed by atoms with Crippen LogP contribution in [0.4, 0.5) is 10.1 Å². The molecule has 3 aromatic rings. The number of anilines is 1. The number of hydrogen-bond acceptors (Lipinski definition) is 4. The zero-order valence-electron chi connectivity index (χ0n) is 22.2. The van der Waals surface area contributed by atoms with Crippen LogP contribution in [-0.4, -0.2) is 40.9 Å². The molecule has 0 atom stereocenters. The number of aryl methyl sites for hydroxylation is 2. The minimum absolute atomic E-state index is 0.0475. The number of amides is 2. The molecule has 3 heterocycles. The number of nitrogens with one attached hydrogen (secondary N) is 2. The number of benzene rings is 1.